The molecule has 5 atom stereocenters. The summed E-state index contributed by atoms with van der Waals surface area (Å²) < 4.78 is 12.3. The van der Waals surface area contributed by atoms with Gasteiger partial charge in [-0.1, -0.05) is 12.1 Å². The van der Waals surface area contributed by atoms with Crippen molar-refractivity contribution in [1.29, 1.82) is 0 Å². The average molecular weight is 391 g/mol. The first-order valence-electron chi connectivity index (χ1n) is 8.44. The van der Waals surface area contributed by atoms with Crippen LogP contribution in [0.3, 0.4) is 0 Å². The number of furan rings is 1. The third-order valence-electron chi connectivity index (χ3n) is 4.71. The topological polar surface area (TPSA) is 164 Å². The van der Waals surface area contributed by atoms with Crippen LogP contribution in [0.15, 0.2) is 40.8 Å². The minimum Gasteiger partial charge on any atom is -0.397 e. The van der Waals surface area contributed by atoms with Gasteiger partial charge in [-0.25, -0.2) is 4.98 Å². The Balaban J connectivity index is 1.88. The van der Waals surface area contributed by atoms with Crippen molar-refractivity contribution in [1.82, 2.24) is 9.55 Å². The van der Waals surface area contributed by atoms with E-state index in [-0.39, 0.29) is 11.6 Å². The molecular formula is C17H17N3O8. The number of benzene rings is 1. The summed E-state index contributed by atoms with van der Waals surface area (Å²) in [5.74, 6) is -0.305. The van der Waals surface area contributed by atoms with E-state index in [1.165, 1.54) is 16.7 Å². The Labute approximate surface area is 157 Å². The molecule has 2 aromatic heterocycles. The molecule has 1 aliphatic rings. The second kappa shape index (κ2) is 6.96. The molecule has 0 aliphatic carbocycles. The number of ether oxygens (including phenoxy) is 1. The van der Waals surface area contributed by atoms with Crippen LogP contribution in [0.25, 0.3) is 22.6 Å². The fourth-order valence-corrected chi connectivity index (χ4v) is 3.32. The van der Waals surface area contributed by atoms with Gasteiger partial charge in [-0.2, -0.15) is 0 Å². The summed E-state index contributed by atoms with van der Waals surface area (Å²) in [6.07, 6.45) is -7.01. The van der Waals surface area contributed by atoms with E-state index in [1.54, 1.807) is 24.3 Å². The molecule has 11 heteroatoms. The Morgan fingerprint density at radius 2 is 1.86 bits per heavy atom. The molecule has 3 aromatic rings. The van der Waals surface area contributed by atoms with Gasteiger partial charge in [-0.15, -0.1) is 0 Å². The standard InChI is InChI=1S/C17H17N3O8/c21-7-11-13(22)14(23)15(24)17(28-11)19-9-4-2-1-3-8(9)18-16(19)10-5-6-12(27-10)20(25)26/h1-6,11,13-15,17,21-24H,7H2/t11-,13-,14+,15-,17+/m0/s1. The van der Waals surface area contributed by atoms with Crippen LogP contribution in [0.5, 0.6) is 0 Å². The fourth-order valence-electron chi connectivity index (χ4n) is 3.32. The van der Waals surface area contributed by atoms with Crippen molar-refractivity contribution in [2.24, 2.45) is 0 Å². The maximum Gasteiger partial charge on any atom is 0.433 e. The molecule has 0 amide bonds. The van der Waals surface area contributed by atoms with E-state index < -0.39 is 48.1 Å². The summed E-state index contributed by atoms with van der Waals surface area (Å²) in [6.45, 7) is -0.588. The van der Waals surface area contributed by atoms with Crippen molar-refractivity contribution in [3.63, 3.8) is 0 Å². The molecule has 4 rings (SSSR count). The van der Waals surface area contributed by atoms with Gasteiger partial charge in [0.15, 0.2) is 17.8 Å². The lowest BCUT2D eigenvalue weighted by Gasteiger charge is -2.40. The second-order valence-corrected chi connectivity index (χ2v) is 6.41. The SMILES string of the molecule is O=[N+]([O-])c1ccc(-c2nc3ccccc3n2[C@@H]2O[C@@H](CO)[C@H](O)[C@@H](O)[C@@H]2O)o1. The van der Waals surface area contributed by atoms with Crippen LogP contribution in [-0.2, 0) is 4.74 Å². The third-order valence-corrected chi connectivity index (χ3v) is 4.71. The normalized spacial score (nSPS) is 27.9. The zero-order valence-corrected chi connectivity index (χ0v) is 14.3. The van der Waals surface area contributed by atoms with Gasteiger partial charge < -0.3 is 29.6 Å². The molecule has 1 aromatic carbocycles. The van der Waals surface area contributed by atoms with Gasteiger partial charge in [0.05, 0.1) is 23.7 Å². The largest absolute Gasteiger partial charge is 0.433 e. The van der Waals surface area contributed by atoms with E-state index in [4.69, 9.17) is 9.15 Å². The van der Waals surface area contributed by atoms with E-state index in [0.29, 0.717) is 11.0 Å². The van der Waals surface area contributed by atoms with Gasteiger partial charge in [0, 0.05) is 0 Å². The number of hydrogen-bond donors (Lipinski definition) is 4. The quantitative estimate of drug-likeness (QED) is 0.358. The van der Waals surface area contributed by atoms with Crippen molar-refractivity contribution in [2.45, 2.75) is 30.6 Å². The first kappa shape index (κ1) is 18.5. The molecule has 0 spiro atoms. The predicted octanol–water partition coefficient (Wildman–Crippen LogP) is 0.177. The van der Waals surface area contributed by atoms with Crippen molar-refractivity contribution in [3.8, 4) is 11.6 Å². The van der Waals surface area contributed by atoms with Crippen molar-refractivity contribution < 1.29 is 34.5 Å². The number of aromatic nitrogens is 2. The molecule has 28 heavy (non-hydrogen) atoms. The van der Waals surface area contributed by atoms with Crippen molar-refractivity contribution in [2.75, 3.05) is 6.61 Å². The Morgan fingerprint density at radius 1 is 1.11 bits per heavy atom. The maximum absolute atomic E-state index is 10.9. The van der Waals surface area contributed by atoms with Gasteiger partial charge in [0.25, 0.3) is 0 Å². The first-order chi connectivity index (χ1) is 13.4. The van der Waals surface area contributed by atoms with E-state index in [1.807, 2.05) is 0 Å². The first-order valence-corrected chi connectivity index (χ1v) is 8.44. The molecule has 0 unspecified atom stereocenters. The highest BCUT2D eigenvalue weighted by Crippen LogP contribution is 2.36. The smallest absolute Gasteiger partial charge is 0.397 e. The highest BCUT2D eigenvalue weighted by atomic mass is 16.6. The third kappa shape index (κ3) is 2.85. The monoisotopic (exact) mass is 391 g/mol. The Kier molecular flexibility index (Phi) is 4.61. The number of nitro groups is 1. The van der Waals surface area contributed by atoms with Crippen LogP contribution in [0, 0.1) is 10.1 Å². The number of hydrogen-bond acceptors (Lipinski definition) is 9. The Morgan fingerprint density at radius 3 is 2.54 bits per heavy atom. The van der Waals surface area contributed by atoms with Crippen LogP contribution < -0.4 is 0 Å². The van der Waals surface area contributed by atoms with E-state index in [9.17, 15) is 30.5 Å². The number of rotatable bonds is 4. The highest BCUT2D eigenvalue weighted by molar-refractivity contribution is 5.80. The summed E-state index contributed by atoms with van der Waals surface area (Å²) in [7, 11) is 0. The highest BCUT2D eigenvalue weighted by Gasteiger charge is 2.45. The summed E-state index contributed by atoms with van der Waals surface area (Å²) in [5, 5.41) is 51.1. The second-order valence-electron chi connectivity index (χ2n) is 6.41. The van der Waals surface area contributed by atoms with E-state index in [2.05, 4.69) is 4.98 Å². The van der Waals surface area contributed by atoms with Crippen molar-refractivity contribution in [3.05, 3.63) is 46.5 Å². The molecule has 1 saturated heterocycles. The maximum atomic E-state index is 10.9. The molecule has 0 radical (unpaired) electrons. The molecule has 0 saturated carbocycles. The van der Waals surface area contributed by atoms with E-state index >= 15 is 0 Å². The zero-order valence-electron chi connectivity index (χ0n) is 14.3. The van der Waals surface area contributed by atoms with Crippen LogP contribution in [0.4, 0.5) is 5.88 Å². The summed E-state index contributed by atoms with van der Waals surface area (Å²) in [4.78, 5) is 14.7. The number of fused-ring (bicyclic) bond motifs is 1. The molecule has 11 nitrogen and oxygen atoms in total. The lowest BCUT2D eigenvalue weighted by atomic mass is 9.98. The summed E-state index contributed by atoms with van der Waals surface area (Å²) in [5.41, 5.74) is 0.995. The van der Waals surface area contributed by atoms with Gasteiger partial charge in [0.2, 0.25) is 0 Å². The molecular weight excluding hydrogens is 374 g/mol. The van der Waals surface area contributed by atoms with E-state index in [0.717, 1.165) is 0 Å². The van der Waals surface area contributed by atoms with Crippen molar-refractivity contribution >= 4 is 16.9 Å². The van der Waals surface area contributed by atoms with Crippen LogP contribution in [-0.4, -0.2) is 65.9 Å². The van der Waals surface area contributed by atoms with Crippen LogP contribution >= 0.6 is 0 Å². The van der Waals surface area contributed by atoms with Gasteiger partial charge in [-0.3, -0.25) is 14.7 Å². The lowest BCUT2D eigenvalue weighted by Crippen LogP contribution is -2.56. The molecule has 4 N–H and O–H groups in total. The Bertz CT molecular complexity index is 1010. The average Bonchev–Trinajstić information content (AvgIpc) is 3.31. The lowest BCUT2D eigenvalue weighted by molar-refractivity contribution is -0.401. The summed E-state index contributed by atoms with van der Waals surface area (Å²) >= 11 is 0. The van der Waals surface area contributed by atoms with Gasteiger partial charge in [-0.05, 0) is 18.2 Å². The fraction of sp³-hybridized carbons (Fsp3) is 0.353. The minimum atomic E-state index is -1.59. The molecule has 1 aliphatic heterocycles. The Hall–Kier alpha value is -2.83. The number of nitrogens with zero attached hydrogens (tertiary/aromatic N) is 3. The molecule has 0 bridgehead atoms. The van der Waals surface area contributed by atoms with Crippen LogP contribution in [0.2, 0.25) is 0 Å². The minimum absolute atomic E-state index is 0.0554. The number of aliphatic hydroxyl groups is 4. The van der Waals surface area contributed by atoms with Gasteiger partial charge >= 0.3 is 5.88 Å². The molecule has 148 valence electrons. The number of imidazole rings is 1. The van der Waals surface area contributed by atoms with Crippen LogP contribution in [0.1, 0.15) is 6.23 Å². The molecule has 3 heterocycles. The van der Waals surface area contributed by atoms with Gasteiger partial charge in [0.1, 0.15) is 29.3 Å². The summed E-state index contributed by atoms with van der Waals surface area (Å²) in [6, 6.07) is 9.37. The number of aliphatic hydroxyl groups excluding tert-OH is 4. The zero-order chi connectivity index (χ0) is 20.0. The number of para-hydroxylation sites is 2. The molecule has 1 fully saturated rings. The predicted molar refractivity (Wildman–Crippen MR) is 93.1 cm³/mol.